The van der Waals surface area contributed by atoms with Gasteiger partial charge in [0, 0.05) is 18.0 Å². The van der Waals surface area contributed by atoms with E-state index in [1.165, 1.54) is 6.07 Å². The van der Waals surface area contributed by atoms with E-state index in [4.69, 9.17) is 23.2 Å². The van der Waals surface area contributed by atoms with E-state index in [0.717, 1.165) is 5.56 Å². The van der Waals surface area contributed by atoms with Crippen molar-refractivity contribution < 1.29 is 14.4 Å². The number of amides is 3. The van der Waals surface area contributed by atoms with E-state index in [1.54, 1.807) is 17.0 Å². The first-order valence-electron chi connectivity index (χ1n) is 9.22. The van der Waals surface area contributed by atoms with Gasteiger partial charge in [-0.3, -0.25) is 14.4 Å². The van der Waals surface area contributed by atoms with Crippen LogP contribution in [-0.2, 0) is 14.4 Å². The van der Waals surface area contributed by atoms with Crippen LogP contribution in [0.3, 0.4) is 0 Å². The average molecular weight is 434 g/mol. The lowest BCUT2D eigenvalue weighted by molar-refractivity contribution is -0.130. The van der Waals surface area contributed by atoms with Gasteiger partial charge in [0.25, 0.3) is 0 Å². The highest BCUT2D eigenvalue weighted by molar-refractivity contribution is 6.35. The van der Waals surface area contributed by atoms with Crippen molar-refractivity contribution >= 4 is 46.6 Å². The Balaban J connectivity index is 1.53. The van der Waals surface area contributed by atoms with E-state index in [0.29, 0.717) is 22.3 Å². The van der Waals surface area contributed by atoms with Crippen LogP contribution in [0.1, 0.15) is 24.9 Å². The summed E-state index contributed by atoms with van der Waals surface area (Å²) in [7, 11) is 0. The molecule has 2 atom stereocenters. The van der Waals surface area contributed by atoms with Crippen molar-refractivity contribution in [3.63, 3.8) is 0 Å². The quantitative estimate of drug-likeness (QED) is 0.729. The standard InChI is InChI=1S/C21H21Cl2N3O3/c1-13(14-5-3-2-4-6-14)26-12-15(9-20(26)28)21(29)24-11-19(27)25-18-10-16(22)7-8-17(18)23/h2-8,10,13,15H,9,11-12H2,1H3,(H,24,29)(H,25,27). The van der Waals surface area contributed by atoms with Crippen LogP contribution < -0.4 is 10.6 Å². The molecule has 6 nitrogen and oxygen atoms in total. The van der Waals surface area contributed by atoms with Crippen LogP contribution in [0.2, 0.25) is 10.0 Å². The average Bonchev–Trinajstić information content (AvgIpc) is 3.10. The van der Waals surface area contributed by atoms with Crippen LogP contribution >= 0.6 is 23.2 Å². The Hall–Kier alpha value is -2.57. The van der Waals surface area contributed by atoms with Crippen molar-refractivity contribution in [2.45, 2.75) is 19.4 Å². The number of nitrogens with zero attached hydrogens (tertiary/aromatic N) is 1. The normalized spacial score (nSPS) is 17.1. The second-order valence-corrected chi connectivity index (χ2v) is 7.77. The monoisotopic (exact) mass is 433 g/mol. The van der Waals surface area contributed by atoms with Crippen LogP contribution in [0.25, 0.3) is 0 Å². The third kappa shape index (κ3) is 5.28. The molecule has 8 heteroatoms. The van der Waals surface area contributed by atoms with Crippen molar-refractivity contribution in [2.75, 3.05) is 18.4 Å². The maximum Gasteiger partial charge on any atom is 0.243 e. The zero-order valence-electron chi connectivity index (χ0n) is 15.8. The number of carbonyl (C=O) groups is 3. The first kappa shape index (κ1) is 21.1. The number of likely N-dealkylation sites (tertiary alicyclic amines) is 1. The van der Waals surface area contributed by atoms with E-state index < -0.39 is 11.8 Å². The minimum absolute atomic E-state index is 0.0725. The second-order valence-electron chi connectivity index (χ2n) is 6.92. The van der Waals surface area contributed by atoms with E-state index in [2.05, 4.69) is 10.6 Å². The molecular weight excluding hydrogens is 413 g/mol. The van der Waals surface area contributed by atoms with Crippen molar-refractivity contribution in [2.24, 2.45) is 5.92 Å². The summed E-state index contributed by atoms with van der Waals surface area (Å²) in [6.07, 6.45) is 0.130. The summed E-state index contributed by atoms with van der Waals surface area (Å²) in [6.45, 7) is 2.04. The van der Waals surface area contributed by atoms with E-state index >= 15 is 0 Å². The molecule has 2 unspecified atom stereocenters. The molecule has 0 aliphatic carbocycles. The van der Waals surface area contributed by atoms with Crippen molar-refractivity contribution in [1.29, 1.82) is 0 Å². The van der Waals surface area contributed by atoms with Crippen LogP contribution in [0.15, 0.2) is 48.5 Å². The zero-order valence-corrected chi connectivity index (χ0v) is 17.3. The molecule has 0 radical (unpaired) electrons. The molecule has 0 saturated carbocycles. The molecule has 2 N–H and O–H groups in total. The first-order valence-corrected chi connectivity index (χ1v) is 9.97. The zero-order chi connectivity index (χ0) is 21.0. The molecule has 1 fully saturated rings. The highest BCUT2D eigenvalue weighted by Crippen LogP contribution is 2.28. The summed E-state index contributed by atoms with van der Waals surface area (Å²) in [5.41, 5.74) is 1.39. The SMILES string of the molecule is CC(c1ccccc1)N1CC(C(=O)NCC(=O)Nc2cc(Cl)ccc2Cl)CC1=O. The molecule has 152 valence electrons. The Labute approximate surface area is 179 Å². The molecule has 29 heavy (non-hydrogen) atoms. The Kier molecular flexibility index (Phi) is 6.77. The molecular formula is C21H21Cl2N3O3. The molecule has 3 amide bonds. The van der Waals surface area contributed by atoms with Gasteiger partial charge in [-0.25, -0.2) is 0 Å². The van der Waals surface area contributed by atoms with Crippen molar-refractivity contribution in [3.8, 4) is 0 Å². The van der Waals surface area contributed by atoms with Crippen LogP contribution in [0.5, 0.6) is 0 Å². The topological polar surface area (TPSA) is 78.5 Å². The summed E-state index contributed by atoms with van der Waals surface area (Å²) in [6, 6.07) is 14.3. The number of carbonyl (C=O) groups excluding carboxylic acids is 3. The predicted octanol–water partition coefficient (Wildman–Crippen LogP) is 3.66. The Morgan fingerprint density at radius 1 is 1.17 bits per heavy atom. The van der Waals surface area contributed by atoms with E-state index in [9.17, 15) is 14.4 Å². The van der Waals surface area contributed by atoms with Gasteiger partial charge < -0.3 is 15.5 Å². The van der Waals surface area contributed by atoms with Gasteiger partial charge in [-0.1, -0.05) is 53.5 Å². The Morgan fingerprint density at radius 3 is 2.62 bits per heavy atom. The molecule has 1 aliphatic heterocycles. The number of halogens is 2. The number of anilines is 1. The van der Waals surface area contributed by atoms with Crippen LogP contribution in [0, 0.1) is 5.92 Å². The molecule has 0 bridgehead atoms. The minimum Gasteiger partial charge on any atom is -0.347 e. The molecule has 2 aromatic carbocycles. The van der Waals surface area contributed by atoms with Gasteiger partial charge in [0.05, 0.1) is 29.2 Å². The maximum atomic E-state index is 12.5. The van der Waals surface area contributed by atoms with Crippen molar-refractivity contribution in [3.05, 3.63) is 64.1 Å². The number of hydrogen-bond acceptors (Lipinski definition) is 3. The van der Waals surface area contributed by atoms with Crippen LogP contribution in [0.4, 0.5) is 5.69 Å². The van der Waals surface area contributed by atoms with Crippen molar-refractivity contribution in [1.82, 2.24) is 10.2 Å². The Morgan fingerprint density at radius 2 is 1.90 bits per heavy atom. The molecule has 0 aromatic heterocycles. The summed E-state index contributed by atoms with van der Waals surface area (Å²) in [5.74, 6) is -1.32. The lowest BCUT2D eigenvalue weighted by Crippen LogP contribution is -2.38. The molecule has 0 spiro atoms. The third-order valence-corrected chi connectivity index (χ3v) is 5.47. The first-order chi connectivity index (χ1) is 13.8. The molecule has 1 heterocycles. The van der Waals surface area contributed by atoms with Crippen LogP contribution in [-0.4, -0.2) is 35.7 Å². The van der Waals surface area contributed by atoms with Gasteiger partial charge in [-0.2, -0.15) is 0 Å². The number of benzene rings is 2. The lowest BCUT2D eigenvalue weighted by Gasteiger charge is -2.25. The Bertz CT molecular complexity index is 921. The van der Waals surface area contributed by atoms with Gasteiger partial charge in [-0.05, 0) is 30.7 Å². The highest BCUT2D eigenvalue weighted by atomic mass is 35.5. The summed E-state index contributed by atoms with van der Waals surface area (Å²) < 4.78 is 0. The number of nitrogens with one attached hydrogen (secondary N) is 2. The van der Waals surface area contributed by atoms with Gasteiger partial charge in [0.2, 0.25) is 17.7 Å². The smallest absolute Gasteiger partial charge is 0.243 e. The molecule has 1 aliphatic rings. The lowest BCUT2D eigenvalue weighted by atomic mass is 10.1. The predicted molar refractivity (Wildman–Crippen MR) is 113 cm³/mol. The molecule has 2 aromatic rings. The summed E-state index contributed by atoms with van der Waals surface area (Å²) in [5, 5.41) is 5.98. The highest BCUT2D eigenvalue weighted by Gasteiger charge is 2.37. The minimum atomic E-state index is -0.490. The summed E-state index contributed by atoms with van der Waals surface area (Å²) in [4.78, 5) is 38.7. The summed E-state index contributed by atoms with van der Waals surface area (Å²) >= 11 is 11.9. The fourth-order valence-electron chi connectivity index (χ4n) is 3.29. The van der Waals surface area contributed by atoms with Gasteiger partial charge in [0.15, 0.2) is 0 Å². The van der Waals surface area contributed by atoms with E-state index in [1.807, 2.05) is 37.3 Å². The second kappa shape index (κ2) is 9.29. The van der Waals surface area contributed by atoms with Gasteiger partial charge in [-0.15, -0.1) is 0 Å². The fourth-order valence-corrected chi connectivity index (χ4v) is 3.63. The van der Waals surface area contributed by atoms with Gasteiger partial charge >= 0.3 is 0 Å². The number of hydrogen-bond donors (Lipinski definition) is 2. The maximum absolute atomic E-state index is 12.5. The van der Waals surface area contributed by atoms with E-state index in [-0.39, 0.29) is 30.8 Å². The number of rotatable bonds is 6. The van der Waals surface area contributed by atoms with Gasteiger partial charge in [0.1, 0.15) is 0 Å². The largest absolute Gasteiger partial charge is 0.347 e. The molecule has 1 saturated heterocycles. The fraction of sp³-hybridized carbons (Fsp3) is 0.286. The molecule has 3 rings (SSSR count). The third-order valence-electron chi connectivity index (χ3n) is 4.90.